The van der Waals surface area contributed by atoms with Gasteiger partial charge >= 0.3 is 0 Å². The minimum absolute atomic E-state index is 0.710. The van der Waals surface area contributed by atoms with E-state index in [0.29, 0.717) is 5.02 Å². The molecule has 1 heterocycles. The number of halogens is 1. The van der Waals surface area contributed by atoms with Crippen molar-refractivity contribution in [2.24, 2.45) is 4.99 Å². The van der Waals surface area contributed by atoms with E-state index in [1.54, 1.807) is 0 Å². The third-order valence-electron chi connectivity index (χ3n) is 4.04. The van der Waals surface area contributed by atoms with Crippen molar-refractivity contribution >= 4 is 23.6 Å². The smallest absolute Gasteiger partial charge is 0.163 e. The Morgan fingerprint density at radius 2 is 1.46 bits per heavy atom. The van der Waals surface area contributed by atoms with Crippen molar-refractivity contribution in [2.75, 3.05) is 0 Å². The topological polar surface area (TPSA) is 30.2 Å². The Hall–Kier alpha value is -3.17. The fourth-order valence-corrected chi connectivity index (χ4v) is 2.86. The lowest BCUT2D eigenvalue weighted by molar-refractivity contribution is 0.881. The van der Waals surface area contributed by atoms with Crippen LogP contribution in [-0.2, 0) is 0 Å². The SMILES string of the molecule is Clc1ccc(C=Nc2c(-c3ccccc3)cnn2-c2ccccc2)cc1. The molecular weight excluding hydrogens is 342 g/mol. The first-order chi connectivity index (χ1) is 12.8. The molecule has 0 aliphatic heterocycles. The molecule has 0 amide bonds. The van der Waals surface area contributed by atoms with Crippen LogP contribution >= 0.6 is 11.6 Å². The van der Waals surface area contributed by atoms with Crippen LogP contribution in [0, 0.1) is 0 Å². The molecule has 126 valence electrons. The summed E-state index contributed by atoms with van der Waals surface area (Å²) in [5.41, 5.74) is 4.02. The molecule has 0 saturated carbocycles. The molecule has 4 rings (SSSR count). The van der Waals surface area contributed by atoms with Crippen LogP contribution in [-0.4, -0.2) is 16.0 Å². The van der Waals surface area contributed by atoms with Crippen molar-refractivity contribution in [1.29, 1.82) is 0 Å². The van der Waals surface area contributed by atoms with Gasteiger partial charge in [0.2, 0.25) is 0 Å². The lowest BCUT2D eigenvalue weighted by atomic mass is 10.1. The van der Waals surface area contributed by atoms with E-state index in [9.17, 15) is 0 Å². The fraction of sp³-hybridized carbons (Fsp3) is 0. The largest absolute Gasteiger partial charge is 0.236 e. The summed E-state index contributed by atoms with van der Waals surface area (Å²) in [6, 6.07) is 27.8. The van der Waals surface area contributed by atoms with Gasteiger partial charge in [0.15, 0.2) is 5.82 Å². The van der Waals surface area contributed by atoms with Crippen LogP contribution in [0.15, 0.2) is 96.1 Å². The Bertz CT molecular complexity index is 963. The number of hydrogen-bond acceptors (Lipinski definition) is 2. The molecule has 4 aromatic rings. The zero-order valence-corrected chi connectivity index (χ0v) is 14.7. The minimum Gasteiger partial charge on any atom is -0.236 e. The average molecular weight is 358 g/mol. The number of rotatable bonds is 4. The molecule has 26 heavy (non-hydrogen) atoms. The Kier molecular flexibility index (Phi) is 4.63. The predicted molar refractivity (Wildman–Crippen MR) is 108 cm³/mol. The van der Waals surface area contributed by atoms with E-state index in [2.05, 4.69) is 17.2 Å². The molecule has 0 unspecified atom stereocenters. The van der Waals surface area contributed by atoms with Crippen molar-refractivity contribution in [1.82, 2.24) is 9.78 Å². The zero-order chi connectivity index (χ0) is 17.8. The molecular formula is C22H16ClN3. The van der Waals surface area contributed by atoms with Crippen molar-refractivity contribution < 1.29 is 0 Å². The standard InChI is InChI=1S/C22H16ClN3/c23-19-13-11-17(12-14-19)15-24-22-21(18-7-3-1-4-8-18)16-25-26(22)20-9-5-2-6-10-20/h1-16H. The average Bonchev–Trinajstić information content (AvgIpc) is 3.13. The van der Waals surface area contributed by atoms with E-state index in [1.807, 2.05) is 89.9 Å². The molecule has 0 N–H and O–H groups in total. The van der Waals surface area contributed by atoms with E-state index < -0.39 is 0 Å². The van der Waals surface area contributed by atoms with Gasteiger partial charge in [0.25, 0.3) is 0 Å². The van der Waals surface area contributed by atoms with Crippen molar-refractivity contribution in [3.63, 3.8) is 0 Å². The molecule has 0 fully saturated rings. The van der Waals surface area contributed by atoms with Gasteiger partial charge in [0.1, 0.15) is 0 Å². The van der Waals surface area contributed by atoms with Crippen LogP contribution in [0.3, 0.4) is 0 Å². The van der Waals surface area contributed by atoms with Gasteiger partial charge in [-0.2, -0.15) is 5.10 Å². The van der Waals surface area contributed by atoms with Gasteiger partial charge < -0.3 is 0 Å². The van der Waals surface area contributed by atoms with Gasteiger partial charge in [0.05, 0.1) is 11.9 Å². The van der Waals surface area contributed by atoms with Crippen molar-refractivity contribution in [3.8, 4) is 16.8 Å². The number of hydrogen-bond donors (Lipinski definition) is 0. The molecule has 0 saturated heterocycles. The second kappa shape index (κ2) is 7.38. The molecule has 0 aliphatic carbocycles. The third-order valence-corrected chi connectivity index (χ3v) is 4.29. The fourth-order valence-electron chi connectivity index (χ4n) is 2.73. The van der Waals surface area contributed by atoms with Crippen LogP contribution in [0.5, 0.6) is 0 Å². The molecule has 4 heteroatoms. The van der Waals surface area contributed by atoms with Crippen LogP contribution in [0.1, 0.15) is 5.56 Å². The van der Waals surface area contributed by atoms with Gasteiger partial charge in [-0.25, -0.2) is 9.67 Å². The van der Waals surface area contributed by atoms with E-state index >= 15 is 0 Å². The van der Waals surface area contributed by atoms with E-state index in [1.165, 1.54) is 0 Å². The van der Waals surface area contributed by atoms with Crippen molar-refractivity contribution in [3.05, 3.63) is 102 Å². The molecule has 3 nitrogen and oxygen atoms in total. The molecule has 0 radical (unpaired) electrons. The van der Waals surface area contributed by atoms with E-state index in [-0.39, 0.29) is 0 Å². The molecule has 0 spiro atoms. The highest BCUT2D eigenvalue weighted by atomic mass is 35.5. The van der Waals surface area contributed by atoms with E-state index in [4.69, 9.17) is 16.6 Å². The third kappa shape index (κ3) is 3.44. The lowest BCUT2D eigenvalue weighted by Gasteiger charge is -2.06. The summed E-state index contributed by atoms with van der Waals surface area (Å²) in [6.45, 7) is 0. The maximum atomic E-state index is 5.96. The quantitative estimate of drug-likeness (QED) is 0.415. The van der Waals surface area contributed by atoms with Gasteiger partial charge in [-0.15, -0.1) is 0 Å². The summed E-state index contributed by atoms with van der Waals surface area (Å²) in [5.74, 6) is 0.789. The van der Waals surface area contributed by atoms with Crippen LogP contribution in [0.4, 0.5) is 5.82 Å². The number of benzene rings is 3. The van der Waals surface area contributed by atoms with Crippen LogP contribution < -0.4 is 0 Å². The van der Waals surface area contributed by atoms with Crippen molar-refractivity contribution in [2.45, 2.75) is 0 Å². The number of aliphatic imine (C=N–C) groups is 1. The van der Waals surface area contributed by atoms with Crippen LogP contribution in [0.2, 0.25) is 5.02 Å². The number of para-hydroxylation sites is 1. The summed E-state index contributed by atoms with van der Waals surface area (Å²) < 4.78 is 1.86. The highest BCUT2D eigenvalue weighted by Crippen LogP contribution is 2.32. The predicted octanol–water partition coefficient (Wildman–Crippen LogP) is 5.94. The summed E-state index contributed by atoms with van der Waals surface area (Å²) in [4.78, 5) is 4.75. The highest BCUT2D eigenvalue weighted by Gasteiger charge is 2.12. The minimum atomic E-state index is 0.710. The Morgan fingerprint density at radius 1 is 0.808 bits per heavy atom. The number of aromatic nitrogens is 2. The maximum Gasteiger partial charge on any atom is 0.163 e. The monoisotopic (exact) mass is 357 g/mol. The van der Waals surface area contributed by atoms with Gasteiger partial charge in [0, 0.05) is 16.8 Å². The zero-order valence-electron chi connectivity index (χ0n) is 14.0. The Balaban J connectivity index is 1.81. The molecule has 3 aromatic carbocycles. The Morgan fingerprint density at radius 3 is 2.15 bits per heavy atom. The summed E-state index contributed by atoms with van der Waals surface area (Å²) in [6.07, 6.45) is 3.69. The molecule has 1 aromatic heterocycles. The van der Waals surface area contributed by atoms with Gasteiger partial charge in [-0.05, 0) is 35.4 Å². The first-order valence-electron chi connectivity index (χ1n) is 8.30. The highest BCUT2D eigenvalue weighted by molar-refractivity contribution is 6.30. The van der Waals surface area contributed by atoms with E-state index in [0.717, 1.165) is 28.2 Å². The number of nitrogens with zero attached hydrogens (tertiary/aromatic N) is 3. The first kappa shape index (κ1) is 16.3. The van der Waals surface area contributed by atoms with Gasteiger partial charge in [-0.3, -0.25) is 0 Å². The second-order valence-electron chi connectivity index (χ2n) is 5.80. The first-order valence-corrected chi connectivity index (χ1v) is 8.67. The van der Waals surface area contributed by atoms with Crippen LogP contribution in [0.25, 0.3) is 16.8 Å². The summed E-state index contributed by atoms with van der Waals surface area (Å²) >= 11 is 5.96. The molecule has 0 atom stereocenters. The second-order valence-corrected chi connectivity index (χ2v) is 6.24. The maximum absolute atomic E-state index is 5.96. The summed E-state index contributed by atoms with van der Waals surface area (Å²) in [5, 5.41) is 5.28. The molecule has 0 aliphatic rings. The molecule has 0 bridgehead atoms. The normalized spacial score (nSPS) is 11.1. The lowest BCUT2D eigenvalue weighted by Crippen LogP contribution is -1.95. The summed E-state index contributed by atoms with van der Waals surface area (Å²) in [7, 11) is 0. The Labute approximate surface area is 157 Å². The van der Waals surface area contributed by atoms with Gasteiger partial charge in [-0.1, -0.05) is 72.3 Å².